The van der Waals surface area contributed by atoms with Gasteiger partial charge in [0.25, 0.3) is 0 Å². The van der Waals surface area contributed by atoms with Gasteiger partial charge >= 0.3 is 0 Å². The average molecular weight is 211 g/mol. The summed E-state index contributed by atoms with van der Waals surface area (Å²) in [5.74, 6) is 0.0851. The van der Waals surface area contributed by atoms with Gasteiger partial charge in [-0.3, -0.25) is 4.98 Å². The molecule has 2 heteroatoms. The van der Waals surface area contributed by atoms with Crippen LogP contribution in [-0.4, -0.2) is 10.1 Å². The minimum absolute atomic E-state index is 0.0851. The lowest BCUT2D eigenvalue weighted by Crippen LogP contribution is -1.85. The maximum atomic E-state index is 9.33. The molecule has 0 unspecified atom stereocenters. The Bertz CT molecular complexity index is 515. The lowest BCUT2D eigenvalue weighted by molar-refractivity contribution is 0.514. The topological polar surface area (TPSA) is 33.1 Å². The molecule has 0 bridgehead atoms. The molecule has 16 heavy (non-hydrogen) atoms. The zero-order chi connectivity index (χ0) is 11.5. The van der Waals surface area contributed by atoms with Gasteiger partial charge in [-0.15, -0.1) is 0 Å². The zero-order valence-electron chi connectivity index (χ0n) is 9.14. The molecule has 2 rings (SSSR count). The molecule has 2 aromatic rings. The molecule has 1 aromatic heterocycles. The van der Waals surface area contributed by atoms with Gasteiger partial charge in [0.2, 0.25) is 0 Å². The van der Waals surface area contributed by atoms with Gasteiger partial charge in [0.15, 0.2) is 0 Å². The van der Waals surface area contributed by atoms with Crippen LogP contribution in [-0.2, 0) is 0 Å². The first-order valence-corrected chi connectivity index (χ1v) is 5.08. The van der Waals surface area contributed by atoms with Crippen LogP contribution in [0.5, 0.6) is 0 Å². The summed E-state index contributed by atoms with van der Waals surface area (Å²) in [5.41, 5.74) is 3.79. The number of aliphatic hydroxyl groups excluding tert-OH is 1. The van der Waals surface area contributed by atoms with E-state index in [0.29, 0.717) is 0 Å². The van der Waals surface area contributed by atoms with Crippen molar-refractivity contribution >= 4 is 5.76 Å². The number of rotatable bonds is 2. The van der Waals surface area contributed by atoms with E-state index < -0.39 is 0 Å². The highest BCUT2D eigenvalue weighted by molar-refractivity contribution is 5.68. The van der Waals surface area contributed by atoms with E-state index in [2.05, 4.69) is 11.6 Å². The van der Waals surface area contributed by atoms with Crippen molar-refractivity contribution in [1.82, 2.24) is 4.98 Å². The predicted molar refractivity (Wildman–Crippen MR) is 66.1 cm³/mol. The summed E-state index contributed by atoms with van der Waals surface area (Å²) in [7, 11) is 0. The van der Waals surface area contributed by atoms with Gasteiger partial charge < -0.3 is 5.11 Å². The summed E-state index contributed by atoms with van der Waals surface area (Å²) < 4.78 is 0. The Balaban J connectivity index is 2.44. The maximum Gasteiger partial charge on any atom is 0.115 e. The summed E-state index contributed by atoms with van der Waals surface area (Å²) in [6.45, 7) is 5.47. The first-order valence-electron chi connectivity index (χ1n) is 5.08. The molecule has 0 aliphatic rings. The van der Waals surface area contributed by atoms with Crippen LogP contribution in [0.2, 0.25) is 0 Å². The fourth-order valence-corrected chi connectivity index (χ4v) is 1.52. The first-order chi connectivity index (χ1) is 7.66. The quantitative estimate of drug-likeness (QED) is 0.770. The summed E-state index contributed by atoms with van der Waals surface area (Å²) in [6.07, 6.45) is 1.83. The van der Waals surface area contributed by atoms with Crippen molar-refractivity contribution in [2.24, 2.45) is 0 Å². The van der Waals surface area contributed by atoms with Gasteiger partial charge in [-0.2, -0.15) is 0 Å². The fourth-order valence-electron chi connectivity index (χ4n) is 1.52. The lowest BCUT2D eigenvalue weighted by atomic mass is 10.0. The van der Waals surface area contributed by atoms with Crippen LogP contribution >= 0.6 is 0 Å². The molecule has 1 aromatic carbocycles. The molecule has 0 saturated carbocycles. The van der Waals surface area contributed by atoms with Crippen molar-refractivity contribution in [2.75, 3.05) is 0 Å². The average Bonchev–Trinajstić information content (AvgIpc) is 2.30. The number of pyridine rings is 1. The molecule has 0 aliphatic carbocycles. The van der Waals surface area contributed by atoms with Gasteiger partial charge in [0, 0.05) is 23.0 Å². The Hall–Kier alpha value is -2.09. The normalized spacial score (nSPS) is 10.1. The third kappa shape index (κ3) is 2.11. The van der Waals surface area contributed by atoms with Gasteiger partial charge in [0.1, 0.15) is 5.76 Å². The first kappa shape index (κ1) is 10.4. The molecule has 0 fully saturated rings. The van der Waals surface area contributed by atoms with Crippen molar-refractivity contribution in [1.29, 1.82) is 0 Å². The summed E-state index contributed by atoms with van der Waals surface area (Å²) in [6, 6.07) is 11.6. The fraction of sp³-hybridized carbons (Fsp3) is 0.0714. The molecule has 0 radical (unpaired) electrons. The van der Waals surface area contributed by atoms with Crippen molar-refractivity contribution < 1.29 is 5.11 Å². The minimum Gasteiger partial charge on any atom is -0.508 e. The Morgan fingerprint density at radius 1 is 1.19 bits per heavy atom. The smallest absolute Gasteiger partial charge is 0.115 e. The van der Waals surface area contributed by atoms with E-state index in [1.165, 1.54) is 0 Å². The van der Waals surface area contributed by atoms with Crippen LogP contribution in [0.25, 0.3) is 16.9 Å². The lowest BCUT2D eigenvalue weighted by Gasteiger charge is -2.04. The minimum atomic E-state index is 0.0851. The standard InChI is InChI=1S/C14H13NO/c1-10-6-7-14(9-15-10)13-5-3-4-12(8-13)11(2)16/h3-9,16H,2H2,1H3. The third-order valence-electron chi connectivity index (χ3n) is 2.44. The van der Waals surface area contributed by atoms with Crippen LogP contribution in [0.3, 0.4) is 0 Å². The monoisotopic (exact) mass is 211 g/mol. The van der Waals surface area contributed by atoms with Gasteiger partial charge in [-0.1, -0.05) is 30.8 Å². The molecule has 0 saturated heterocycles. The highest BCUT2D eigenvalue weighted by Gasteiger charge is 2.01. The highest BCUT2D eigenvalue weighted by Crippen LogP contribution is 2.21. The van der Waals surface area contributed by atoms with E-state index in [1.54, 1.807) is 0 Å². The number of aromatic nitrogens is 1. The van der Waals surface area contributed by atoms with E-state index in [0.717, 1.165) is 22.4 Å². The van der Waals surface area contributed by atoms with Crippen LogP contribution in [0, 0.1) is 6.92 Å². The second-order valence-corrected chi connectivity index (χ2v) is 3.72. The van der Waals surface area contributed by atoms with E-state index in [9.17, 15) is 5.11 Å². The van der Waals surface area contributed by atoms with Gasteiger partial charge in [-0.25, -0.2) is 0 Å². The van der Waals surface area contributed by atoms with Gasteiger partial charge in [0.05, 0.1) is 0 Å². The Morgan fingerprint density at radius 3 is 2.62 bits per heavy atom. The Labute approximate surface area is 94.9 Å². The number of benzene rings is 1. The van der Waals surface area contributed by atoms with E-state index in [4.69, 9.17) is 0 Å². The Kier molecular flexibility index (Phi) is 2.73. The molecule has 1 N–H and O–H groups in total. The molecule has 0 aliphatic heterocycles. The van der Waals surface area contributed by atoms with Crippen molar-refractivity contribution in [3.63, 3.8) is 0 Å². The summed E-state index contributed by atoms with van der Waals surface area (Å²) in [4.78, 5) is 4.25. The predicted octanol–water partition coefficient (Wildman–Crippen LogP) is 3.59. The molecule has 1 heterocycles. The van der Waals surface area contributed by atoms with Crippen LogP contribution in [0.4, 0.5) is 0 Å². The van der Waals surface area contributed by atoms with Crippen molar-refractivity contribution in [3.8, 4) is 11.1 Å². The molecular formula is C14H13NO. The van der Waals surface area contributed by atoms with E-state index >= 15 is 0 Å². The second-order valence-electron chi connectivity index (χ2n) is 3.72. The largest absolute Gasteiger partial charge is 0.508 e. The summed E-state index contributed by atoms with van der Waals surface area (Å²) in [5, 5.41) is 9.33. The van der Waals surface area contributed by atoms with E-state index in [-0.39, 0.29) is 5.76 Å². The highest BCUT2D eigenvalue weighted by atomic mass is 16.3. The maximum absolute atomic E-state index is 9.33. The number of aryl methyl sites for hydroxylation is 1. The molecule has 0 atom stereocenters. The third-order valence-corrected chi connectivity index (χ3v) is 2.44. The van der Waals surface area contributed by atoms with Crippen molar-refractivity contribution in [2.45, 2.75) is 6.92 Å². The summed E-state index contributed by atoms with van der Waals surface area (Å²) >= 11 is 0. The van der Waals surface area contributed by atoms with Crippen LogP contribution in [0.15, 0.2) is 49.2 Å². The Morgan fingerprint density at radius 2 is 2.00 bits per heavy atom. The number of aliphatic hydroxyl groups is 1. The molecule has 0 spiro atoms. The zero-order valence-corrected chi connectivity index (χ0v) is 9.14. The number of hydrogen-bond acceptors (Lipinski definition) is 2. The molecule has 2 nitrogen and oxygen atoms in total. The molecule has 80 valence electrons. The number of hydrogen-bond donors (Lipinski definition) is 1. The number of nitrogens with zero attached hydrogens (tertiary/aromatic N) is 1. The van der Waals surface area contributed by atoms with E-state index in [1.807, 2.05) is 49.5 Å². The second kappa shape index (κ2) is 4.19. The molecule has 0 amide bonds. The van der Waals surface area contributed by atoms with Gasteiger partial charge in [-0.05, 0) is 24.6 Å². The molecular weight excluding hydrogens is 198 g/mol. The van der Waals surface area contributed by atoms with Crippen LogP contribution < -0.4 is 0 Å². The van der Waals surface area contributed by atoms with Crippen molar-refractivity contribution in [3.05, 3.63) is 60.4 Å². The SMILES string of the molecule is C=C(O)c1cccc(-c2ccc(C)nc2)c1. The van der Waals surface area contributed by atoms with Crippen LogP contribution in [0.1, 0.15) is 11.3 Å².